The molecule has 1 unspecified atom stereocenters. The molecule has 1 aliphatic heterocycles. The number of aromatic nitrogens is 3. The Labute approximate surface area is 216 Å². The quantitative estimate of drug-likeness (QED) is 0.518. The van der Waals surface area contributed by atoms with Crippen molar-refractivity contribution >= 4 is 28.8 Å². The number of nitrogens with zero attached hydrogens (tertiary/aromatic N) is 5. The first-order valence-corrected chi connectivity index (χ1v) is 12.5. The molecule has 2 amide bonds. The van der Waals surface area contributed by atoms with Gasteiger partial charge in [-0.3, -0.25) is 19.0 Å². The van der Waals surface area contributed by atoms with E-state index < -0.39 is 0 Å². The van der Waals surface area contributed by atoms with Crippen LogP contribution in [0.5, 0.6) is 0 Å². The molecule has 1 saturated heterocycles. The second-order valence-corrected chi connectivity index (χ2v) is 10.6. The van der Waals surface area contributed by atoms with Gasteiger partial charge in [-0.15, -0.1) is 0 Å². The van der Waals surface area contributed by atoms with Gasteiger partial charge in [0.05, 0.1) is 6.04 Å². The van der Waals surface area contributed by atoms with Crippen molar-refractivity contribution in [3.63, 3.8) is 0 Å². The highest BCUT2D eigenvalue weighted by molar-refractivity contribution is 5.94. The summed E-state index contributed by atoms with van der Waals surface area (Å²) in [4.78, 5) is 49.8. The Morgan fingerprint density at radius 2 is 1.70 bits per heavy atom. The molecular weight excluding hydrogens is 468 g/mol. The number of nitrogens with one attached hydrogen (secondary N) is 1. The number of fused-ring (bicyclic) bond motifs is 1. The molecule has 0 aliphatic carbocycles. The van der Waals surface area contributed by atoms with Crippen molar-refractivity contribution in [2.45, 2.75) is 40.3 Å². The van der Waals surface area contributed by atoms with Gasteiger partial charge in [0.25, 0.3) is 11.5 Å². The third kappa shape index (κ3) is 6.04. The lowest BCUT2D eigenvalue weighted by atomic mass is 9.97. The molecule has 1 aromatic carbocycles. The summed E-state index contributed by atoms with van der Waals surface area (Å²) < 4.78 is 1.69. The predicted octanol–water partition coefficient (Wildman–Crippen LogP) is 3.48. The van der Waals surface area contributed by atoms with E-state index in [9.17, 15) is 14.4 Å². The number of hydrogen-bond acceptors (Lipinski definition) is 6. The van der Waals surface area contributed by atoms with Gasteiger partial charge in [0.2, 0.25) is 11.9 Å². The van der Waals surface area contributed by atoms with Crippen LogP contribution in [0.1, 0.15) is 49.7 Å². The van der Waals surface area contributed by atoms with Crippen LogP contribution in [0.2, 0.25) is 0 Å². The van der Waals surface area contributed by atoms with E-state index in [1.54, 1.807) is 32.7 Å². The van der Waals surface area contributed by atoms with Crippen LogP contribution in [0.3, 0.4) is 0 Å². The van der Waals surface area contributed by atoms with E-state index in [1.807, 2.05) is 31.2 Å². The summed E-state index contributed by atoms with van der Waals surface area (Å²) in [5, 5.41) is 4.12. The fourth-order valence-electron chi connectivity index (χ4n) is 4.40. The van der Waals surface area contributed by atoms with Crippen LogP contribution in [0.25, 0.3) is 11.0 Å². The van der Waals surface area contributed by atoms with E-state index in [1.165, 1.54) is 6.08 Å². The SMILES string of the molecule is C=CC(=O)N1CCN(C(=O)c2ccc(C(C)Nc3ncc4ccc(=O)n(CC(C)(C)C)c4n3)cc2)CC1. The number of amides is 2. The Morgan fingerprint density at radius 3 is 2.32 bits per heavy atom. The number of pyridine rings is 1. The van der Waals surface area contributed by atoms with Crippen molar-refractivity contribution < 1.29 is 9.59 Å². The fourth-order valence-corrected chi connectivity index (χ4v) is 4.40. The van der Waals surface area contributed by atoms with Gasteiger partial charge in [0, 0.05) is 55.9 Å². The maximum Gasteiger partial charge on any atom is 0.253 e. The van der Waals surface area contributed by atoms with Gasteiger partial charge < -0.3 is 15.1 Å². The van der Waals surface area contributed by atoms with E-state index in [0.29, 0.717) is 49.9 Å². The highest BCUT2D eigenvalue weighted by Gasteiger charge is 2.24. The monoisotopic (exact) mass is 502 g/mol. The average molecular weight is 503 g/mol. The zero-order valence-electron chi connectivity index (χ0n) is 21.9. The highest BCUT2D eigenvalue weighted by Crippen LogP contribution is 2.22. The molecule has 3 aromatic rings. The maximum absolute atomic E-state index is 12.9. The van der Waals surface area contributed by atoms with Gasteiger partial charge >= 0.3 is 0 Å². The standard InChI is InChI=1S/C28H34N6O3/c1-6-23(35)32-13-15-33(16-14-32)26(37)21-9-7-20(8-10-21)19(2)30-27-29-17-22-11-12-24(36)34(25(22)31-27)18-28(3,4)5/h6-12,17,19H,1,13-16,18H2,2-5H3,(H,29,30,31). The van der Waals surface area contributed by atoms with E-state index in [2.05, 4.69) is 42.6 Å². The van der Waals surface area contributed by atoms with Gasteiger partial charge in [-0.25, -0.2) is 4.98 Å². The van der Waals surface area contributed by atoms with Crippen LogP contribution < -0.4 is 10.9 Å². The molecule has 37 heavy (non-hydrogen) atoms. The molecule has 1 aliphatic rings. The van der Waals surface area contributed by atoms with Crippen LogP contribution in [-0.4, -0.2) is 62.3 Å². The topological polar surface area (TPSA) is 100 Å². The molecule has 9 heteroatoms. The summed E-state index contributed by atoms with van der Waals surface area (Å²) in [5.74, 6) is 0.277. The Hall–Kier alpha value is -4.01. The average Bonchev–Trinajstić information content (AvgIpc) is 2.89. The van der Waals surface area contributed by atoms with Gasteiger partial charge in [0.1, 0.15) is 5.65 Å². The predicted molar refractivity (Wildman–Crippen MR) is 144 cm³/mol. The summed E-state index contributed by atoms with van der Waals surface area (Å²) in [7, 11) is 0. The van der Waals surface area contributed by atoms with Crippen molar-refractivity contribution in [3.8, 4) is 0 Å². The Balaban J connectivity index is 1.45. The number of carbonyl (C=O) groups is 2. The first-order chi connectivity index (χ1) is 17.6. The molecule has 1 atom stereocenters. The van der Waals surface area contributed by atoms with Crippen molar-refractivity contribution in [3.05, 3.63) is 76.7 Å². The number of hydrogen-bond donors (Lipinski definition) is 1. The molecule has 2 aromatic heterocycles. The Morgan fingerprint density at radius 1 is 1.05 bits per heavy atom. The number of carbonyl (C=O) groups excluding carboxylic acids is 2. The molecule has 0 bridgehead atoms. The summed E-state index contributed by atoms with van der Waals surface area (Å²) in [6, 6.07) is 10.6. The van der Waals surface area contributed by atoms with Gasteiger partial charge in [-0.2, -0.15) is 4.98 Å². The van der Waals surface area contributed by atoms with E-state index in [-0.39, 0.29) is 28.8 Å². The van der Waals surface area contributed by atoms with Gasteiger partial charge in [-0.05, 0) is 42.2 Å². The number of rotatable bonds is 6. The third-order valence-corrected chi connectivity index (χ3v) is 6.41. The maximum atomic E-state index is 12.9. The second-order valence-electron chi connectivity index (χ2n) is 10.6. The number of anilines is 1. The van der Waals surface area contributed by atoms with Crippen molar-refractivity contribution in [1.82, 2.24) is 24.3 Å². The smallest absolute Gasteiger partial charge is 0.253 e. The fraction of sp³-hybridized carbons (Fsp3) is 0.393. The van der Waals surface area contributed by atoms with Gasteiger partial charge in [-0.1, -0.05) is 39.5 Å². The molecule has 1 fully saturated rings. The Bertz CT molecular complexity index is 1370. The van der Waals surface area contributed by atoms with Crippen molar-refractivity contribution in [1.29, 1.82) is 0 Å². The minimum absolute atomic E-state index is 0.0486. The van der Waals surface area contributed by atoms with E-state index >= 15 is 0 Å². The minimum Gasteiger partial charge on any atom is -0.348 e. The normalized spacial score (nSPS) is 14.9. The molecule has 9 nitrogen and oxygen atoms in total. The first-order valence-electron chi connectivity index (χ1n) is 12.5. The molecule has 194 valence electrons. The lowest BCUT2D eigenvalue weighted by Crippen LogP contribution is -2.50. The molecule has 3 heterocycles. The second kappa shape index (κ2) is 10.5. The summed E-state index contributed by atoms with van der Waals surface area (Å²) in [5.41, 5.74) is 2.01. The third-order valence-electron chi connectivity index (χ3n) is 6.41. The summed E-state index contributed by atoms with van der Waals surface area (Å²) in [6.45, 7) is 14.3. The van der Waals surface area contributed by atoms with Crippen LogP contribution in [0.4, 0.5) is 5.95 Å². The van der Waals surface area contributed by atoms with Crippen molar-refractivity contribution in [2.75, 3.05) is 31.5 Å². The zero-order valence-corrected chi connectivity index (χ0v) is 21.9. The summed E-state index contributed by atoms with van der Waals surface area (Å²) >= 11 is 0. The van der Waals surface area contributed by atoms with E-state index in [0.717, 1.165) is 10.9 Å². The van der Waals surface area contributed by atoms with Crippen molar-refractivity contribution in [2.24, 2.45) is 5.41 Å². The molecule has 4 rings (SSSR count). The number of benzene rings is 1. The van der Waals surface area contributed by atoms with Crippen LogP contribution in [0.15, 0.2) is 60.0 Å². The summed E-state index contributed by atoms with van der Waals surface area (Å²) in [6.07, 6.45) is 3.03. The molecule has 0 radical (unpaired) electrons. The molecule has 1 N–H and O–H groups in total. The van der Waals surface area contributed by atoms with Crippen LogP contribution >= 0.6 is 0 Å². The first kappa shape index (κ1) is 26.1. The van der Waals surface area contributed by atoms with Crippen LogP contribution in [-0.2, 0) is 11.3 Å². The van der Waals surface area contributed by atoms with Crippen LogP contribution in [0, 0.1) is 5.41 Å². The highest BCUT2D eigenvalue weighted by atomic mass is 16.2. The lowest BCUT2D eigenvalue weighted by molar-refractivity contribution is -0.127. The molecule has 0 saturated carbocycles. The van der Waals surface area contributed by atoms with E-state index in [4.69, 9.17) is 0 Å². The number of piperazine rings is 1. The zero-order chi connectivity index (χ0) is 26.7. The lowest BCUT2D eigenvalue weighted by Gasteiger charge is -2.34. The van der Waals surface area contributed by atoms with Gasteiger partial charge in [0.15, 0.2) is 0 Å². The molecule has 0 spiro atoms. The minimum atomic E-state index is -0.124. The largest absolute Gasteiger partial charge is 0.348 e. The molecular formula is C28H34N6O3. The Kier molecular flexibility index (Phi) is 7.42.